The molecule has 0 aliphatic heterocycles. The summed E-state index contributed by atoms with van der Waals surface area (Å²) in [6.07, 6.45) is 4.97. The highest BCUT2D eigenvalue weighted by molar-refractivity contribution is 5.56. The molecular formula is C17H18N2O2. The Morgan fingerprint density at radius 1 is 1.14 bits per heavy atom. The van der Waals surface area contributed by atoms with Crippen LogP contribution in [0.4, 0.5) is 0 Å². The maximum Gasteiger partial charge on any atom is 0.159 e. The molecule has 2 N–H and O–H groups in total. The zero-order valence-electron chi connectivity index (χ0n) is 12.0. The smallest absolute Gasteiger partial charge is 0.159 e. The lowest BCUT2D eigenvalue weighted by atomic mass is 10.1. The molecule has 0 radical (unpaired) electrons. The third kappa shape index (κ3) is 4.90. The van der Waals surface area contributed by atoms with Gasteiger partial charge in [-0.3, -0.25) is 0 Å². The molecule has 0 fully saturated rings. The molecule has 0 spiro atoms. The minimum atomic E-state index is -0.253. The van der Waals surface area contributed by atoms with Crippen molar-refractivity contribution >= 4 is 0 Å². The summed E-state index contributed by atoms with van der Waals surface area (Å²) < 4.78 is 0. The second-order valence-corrected chi connectivity index (χ2v) is 4.89. The van der Waals surface area contributed by atoms with Gasteiger partial charge in [0.25, 0.3) is 0 Å². The van der Waals surface area contributed by atoms with Crippen molar-refractivity contribution in [3.8, 4) is 29.0 Å². The third-order valence-electron chi connectivity index (χ3n) is 2.94. The largest absolute Gasteiger partial charge is 0.505 e. The maximum absolute atomic E-state index is 9.16. The molecule has 4 nitrogen and oxygen atoms in total. The normalized spacial score (nSPS) is 11.5. The summed E-state index contributed by atoms with van der Waals surface area (Å²) in [5.74, 6) is 6.82. The number of nitrogens with zero attached hydrogens (tertiary/aromatic N) is 2. The highest BCUT2D eigenvalue weighted by atomic mass is 16.3. The minimum Gasteiger partial charge on any atom is -0.505 e. The molecule has 108 valence electrons. The molecule has 1 aromatic carbocycles. The van der Waals surface area contributed by atoms with Gasteiger partial charge in [0.1, 0.15) is 0 Å². The molecule has 21 heavy (non-hydrogen) atoms. The number of benzene rings is 1. The van der Waals surface area contributed by atoms with Crippen LogP contribution in [0.15, 0.2) is 36.7 Å². The summed E-state index contributed by atoms with van der Waals surface area (Å²) in [6, 6.07) is 7.67. The van der Waals surface area contributed by atoms with E-state index < -0.39 is 0 Å². The molecule has 2 aromatic rings. The number of unbranched alkanes of at least 4 members (excludes halogenated alkanes) is 1. The fourth-order valence-corrected chi connectivity index (χ4v) is 1.82. The van der Waals surface area contributed by atoms with Crippen LogP contribution < -0.4 is 0 Å². The molecule has 0 saturated heterocycles. The van der Waals surface area contributed by atoms with Crippen LogP contribution in [-0.2, 0) is 0 Å². The Balaban J connectivity index is 1.96. The van der Waals surface area contributed by atoms with Gasteiger partial charge in [-0.2, -0.15) is 0 Å². The predicted molar refractivity (Wildman–Crippen MR) is 81.5 cm³/mol. The van der Waals surface area contributed by atoms with Gasteiger partial charge in [0.05, 0.1) is 18.5 Å². The molecule has 1 aromatic heterocycles. The Morgan fingerprint density at radius 2 is 1.81 bits per heavy atom. The van der Waals surface area contributed by atoms with E-state index in [4.69, 9.17) is 10.2 Å². The molecule has 1 unspecified atom stereocenters. The summed E-state index contributed by atoms with van der Waals surface area (Å²) in [7, 11) is 0. The van der Waals surface area contributed by atoms with Gasteiger partial charge in [-0.25, -0.2) is 9.97 Å². The minimum absolute atomic E-state index is 0.0541. The Morgan fingerprint density at radius 3 is 2.43 bits per heavy atom. The van der Waals surface area contributed by atoms with Crippen LogP contribution in [0.5, 0.6) is 5.75 Å². The fourth-order valence-electron chi connectivity index (χ4n) is 1.82. The van der Waals surface area contributed by atoms with Crippen LogP contribution in [0.1, 0.15) is 31.7 Å². The van der Waals surface area contributed by atoms with E-state index in [1.165, 1.54) is 12.4 Å². The van der Waals surface area contributed by atoms with E-state index >= 15 is 0 Å². The molecular weight excluding hydrogens is 264 g/mol. The van der Waals surface area contributed by atoms with Crippen LogP contribution in [-0.4, -0.2) is 26.3 Å². The zero-order chi connectivity index (χ0) is 15.1. The Bertz CT molecular complexity index is 623. The van der Waals surface area contributed by atoms with Crippen molar-refractivity contribution in [1.82, 2.24) is 9.97 Å². The molecule has 1 heterocycles. The van der Waals surface area contributed by atoms with Gasteiger partial charge in [-0.05, 0) is 44.0 Å². The first kappa shape index (κ1) is 15.0. The Labute approximate surface area is 124 Å². The quantitative estimate of drug-likeness (QED) is 0.668. The van der Waals surface area contributed by atoms with Crippen LogP contribution in [0.2, 0.25) is 0 Å². The molecule has 0 aliphatic carbocycles. The number of hydrogen-bond acceptors (Lipinski definition) is 4. The lowest BCUT2D eigenvalue weighted by molar-refractivity contribution is 0.182. The number of hydrogen-bond donors (Lipinski definition) is 2. The van der Waals surface area contributed by atoms with E-state index in [0.717, 1.165) is 30.4 Å². The van der Waals surface area contributed by atoms with Gasteiger partial charge in [0.2, 0.25) is 0 Å². The van der Waals surface area contributed by atoms with Gasteiger partial charge in [-0.15, -0.1) is 0 Å². The first-order chi connectivity index (χ1) is 10.1. The number of rotatable bonds is 4. The van der Waals surface area contributed by atoms with Crippen molar-refractivity contribution in [2.24, 2.45) is 0 Å². The van der Waals surface area contributed by atoms with Crippen molar-refractivity contribution in [2.75, 3.05) is 0 Å². The maximum atomic E-state index is 9.16. The molecule has 1 atom stereocenters. The standard InChI is InChI=1S/C17H18N2O2/c1-13(20)5-3-2-4-6-14-7-9-15(10-8-14)17-18-11-16(21)12-19-17/h7-13,20-21H,2-3,5H2,1H3. The zero-order valence-corrected chi connectivity index (χ0v) is 12.0. The lowest BCUT2D eigenvalue weighted by Crippen LogP contribution is -1.97. The molecule has 0 amide bonds. The third-order valence-corrected chi connectivity index (χ3v) is 2.94. The monoisotopic (exact) mass is 282 g/mol. The van der Waals surface area contributed by atoms with Gasteiger partial charge in [0.15, 0.2) is 11.6 Å². The van der Waals surface area contributed by atoms with Gasteiger partial charge < -0.3 is 10.2 Å². The predicted octanol–water partition coefficient (Wildman–Crippen LogP) is 2.75. The topological polar surface area (TPSA) is 66.2 Å². The molecule has 0 bridgehead atoms. The number of aromatic hydroxyl groups is 1. The molecule has 2 rings (SSSR count). The lowest BCUT2D eigenvalue weighted by Gasteiger charge is -2.00. The number of aromatic nitrogens is 2. The fraction of sp³-hybridized carbons (Fsp3) is 0.294. The van der Waals surface area contributed by atoms with E-state index in [1.807, 2.05) is 24.3 Å². The van der Waals surface area contributed by atoms with Crippen LogP contribution in [0, 0.1) is 11.8 Å². The summed E-state index contributed by atoms with van der Waals surface area (Å²) in [5, 5.41) is 18.3. The van der Waals surface area contributed by atoms with E-state index in [-0.39, 0.29) is 11.9 Å². The second kappa shape index (κ2) is 7.41. The molecule has 0 saturated carbocycles. The van der Waals surface area contributed by atoms with E-state index in [9.17, 15) is 0 Å². The van der Waals surface area contributed by atoms with Crippen molar-refractivity contribution in [2.45, 2.75) is 32.3 Å². The highest BCUT2D eigenvalue weighted by Crippen LogP contribution is 2.16. The highest BCUT2D eigenvalue weighted by Gasteiger charge is 2.00. The van der Waals surface area contributed by atoms with Crippen molar-refractivity contribution in [1.29, 1.82) is 0 Å². The van der Waals surface area contributed by atoms with E-state index in [2.05, 4.69) is 21.8 Å². The van der Waals surface area contributed by atoms with Gasteiger partial charge >= 0.3 is 0 Å². The summed E-state index contributed by atoms with van der Waals surface area (Å²) in [6.45, 7) is 1.79. The first-order valence-corrected chi connectivity index (χ1v) is 6.93. The Kier molecular flexibility index (Phi) is 5.30. The summed E-state index contributed by atoms with van der Waals surface area (Å²) in [4.78, 5) is 8.12. The SMILES string of the molecule is CC(O)CCCC#Cc1ccc(-c2ncc(O)cn2)cc1. The summed E-state index contributed by atoms with van der Waals surface area (Å²) in [5.41, 5.74) is 1.82. The number of aliphatic hydroxyl groups is 1. The average molecular weight is 282 g/mol. The van der Waals surface area contributed by atoms with Crippen molar-refractivity contribution in [3.63, 3.8) is 0 Å². The van der Waals surface area contributed by atoms with E-state index in [1.54, 1.807) is 6.92 Å². The Hall–Kier alpha value is -2.38. The van der Waals surface area contributed by atoms with E-state index in [0.29, 0.717) is 5.82 Å². The second-order valence-electron chi connectivity index (χ2n) is 4.89. The molecule has 4 heteroatoms. The van der Waals surface area contributed by atoms with Crippen molar-refractivity contribution < 1.29 is 10.2 Å². The molecule has 0 aliphatic rings. The number of aliphatic hydroxyl groups excluding tert-OH is 1. The van der Waals surface area contributed by atoms with Crippen LogP contribution >= 0.6 is 0 Å². The van der Waals surface area contributed by atoms with Gasteiger partial charge in [-0.1, -0.05) is 11.8 Å². The average Bonchev–Trinajstić information content (AvgIpc) is 2.48. The first-order valence-electron chi connectivity index (χ1n) is 6.93. The van der Waals surface area contributed by atoms with Crippen molar-refractivity contribution in [3.05, 3.63) is 42.2 Å². The van der Waals surface area contributed by atoms with Crippen LogP contribution in [0.3, 0.4) is 0 Å². The van der Waals surface area contributed by atoms with Crippen LogP contribution in [0.25, 0.3) is 11.4 Å². The summed E-state index contributed by atoms with van der Waals surface area (Å²) >= 11 is 0. The van der Waals surface area contributed by atoms with Gasteiger partial charge in [0, 0.05) is 17.5 Å².